The molecule has 1 heterocycles. The van der Waals surface area contributed by atoms with Gasteiger partial charge in [-0.15, -0.1) is 0 Å². The van der Waals surface area contributed by atoms with Crippen LogP contribution in [0.3, 0.4) is 0 Å². The molecule has 1 aliphatic carbocycles. The summed E-state index contributed by atoms with van der Waals surface area (Å²) in [6.45, 7) is 5.13. The highest BCUT2D eigenvalue weighted by Gasteiger charge is 2.32. The van der Waals surface area contributed by atoms with Gasteiger partial charge in [0.2, 0.25) is 0 Å². The second-order valence-corrected chi connectivity index (χ2v) is 5.53. The number of rotatable bonds is 4. The zero-order valence-electron chi connectivity index (χ0n) is 10.9. The van der Waals surface area contributed by atoms with E-state index >= 15 is 0 Å². The van der Waals surface area contributed by atoms with Gasteiger partial charge in [-0.05, 0) is 33.6 Å². The molecule has 1 fully saturated rings. The van der Waals surface area contributed by atoms with Crippen LogP contribution in [0, 0.1) is 0 Å². The number of aromatic nitrogens is 2. The van der Waals surface area contributed by atoms with E-state index in [0.717, 1.165) is 18.5 Å². The van der Waals surface area contributed by atoms with Gasteiger partial charge in [0.1, 0.15) is 0 Å². The van der Waals surface area contributed by atoms with Crippen LogP contribution in [0.5, 0.6) is 0 Å². The largest absolute Gasteiger partial charge is 0.395 e. The van der Waals surface area contributed by atoms with E-state index in [2.05, 4.69) is 15.5 Å². The third-order valence-electron chi connectivity index (χ3n) is 3.51. The van der Waals surface area contributed by atoms with Gasteiger partial charge >= 0.3 is 0 Å². The summed E-state index contributed by atoms with van der Waals surface area (Å²) >= 11 is 0. The van der Waals surface area contributed by atoms with Gasteiger partial charge in [0.25, 0.3) is 5.91 Å². The molecule has 0 saturated heterocycles. The third kappa shape index (κ3) is 2.33. The summed E-state index contributed by atoms with van der Waals surface area (Å²) < 4.78 is 0. The van der Waals surface area contributed by atoms with Crippen molar-refractivity contribution in [2.24, 2.45) is 0 Å². The minimum absolute atomic E-state index is 0.214. The lowest BCUT2D eigenvalue weighted by molar-refractivity contribution is 0.0706. The number of carbonyl (C=O) groups is 1. The van der Waals surface area contributed by atoms with Gasteiger partial charge in [-0.1, -0.05) is 0 Å². The van der Waals surface area contributed by atoms with Crippen molar-refractivity contribution in [1.29, 1.82) is 0 Å². The van der Waals surface area contributed by atoms with E-state index in [9.17, 15) is 9.90 Å². The van der Waals surface area contributed by atoms with E-state index in [1.807, 2.05) is 0 Å². The van der Waals surface area contributed by atoms with E-state index in [0.29, 0.717) is 11.6 Å². The number of H-pyrrole nitrogens is 1. The van der Waals surface area contributed by atoms with Gasteiger partial charge in [0, 0.05) is 5.92 Å². The molecule has 5 N–H and O–H groups in total. The summed E-state index contributed by atoms with van der Waals surface area (Å²) in [5.74, 6) is 0.0605. The Kier molecular flexibility index (Phi) is 3.06. The summed E-state index contributed by atoms with van der Waals surface area (Å²) in [6.07, 6.45) is 1.52. The number of nitrogen functional groups attached to an aromatic ring is 1. The van der Waals surface area contributed by atoms with Crippen LogP contribution in [-0.4, -0.2) is 32.9 Å². The van der Waals surface area contributed by atoms with Crippen LogP contribution in [0.2, 0.25) is 0 Å². The molecular weight excluding hydrogens is 232 g/mol. The molecule has 1 aliphatic rings. The molecule has 0 radical (unpaired) electrons. The number of carbonyl (C=O) groups excluding carboxylic acids is 1. The van der Waals surface area contributed by atoms with Crippen molar-refractivity contribution in [3.63, 3.8) is 0 Å². The number of nitrogens with two attached hydrogens (primary N) is 1. The molecule has 0 spiro atoms. The first-order valence-electron chi connectivity index (χ1n) is 6.17. The van der Waals surface area contributed by atoms with Crippen LogP contribution in [0.15, 0.2) is 0 Å². The summed E-state index contributed by atoms with van der Waals surface area (Å²) in [6, 6.07) is 0. The second kappa shape index (κ2) is 4.28. The lowest BCUT2D eigenvalue weighted by Crippen LogP contribution is -2.51. The standard InChI is InChI=1S/C12H20N4O2/c1-6(17)12(2,3)14-11(18)10-8(13)9(15-16-10)7-4-5-7/h6-7,17H,4-5,13H2,1-3H3,(H,14,18)(H,15,16). The molecular formula is C12H20N4O2. The second-order valence-electron chi connectivity index (χ2n) is 5.53. The van der Waals surface area contributed by atoms with E-state index in [-0.39, 0.29) is 11.6 Å². The Morgan fingerprint density at radius 3 is 2.72 bits per heavy atom. The maximum absolute atomic E-state index is 12.1. The normalized spacial score (nSPS) is 17.6. The van der Waals surface area contributed by atoms with E-state index in [1.54, 1.807) is 20.8 Å². The molecule has 1 saturated carbocycles. The lowest BCUT2D eigenvalue weighted by Gasteiger charge is -2.28. The van der Waals surface area contributed by atoms with Crippen molar-refractivity contribution < 1.29 is 9.90 Å². The number of nitrogens with zero attached hydrogens (tertiary/aromatic N) is 1. The Morgan fingerprint density at radius 1 is 1.61 bits per heavy atom. The van der Waals surface area contributed by atoms with Crippen LogP contribution in [0.25, 0.3) is 0 Å². The first-order valence-corrected chi connectivity index (χ1v) is 6.17. The molecule has 1 unspecified atom stereocenters. The monoisotopic (exact) mass is 252 g/mol. The van der Waals surface area contributed by atoms with Crippen LogP contribution in [0.4, 0.5) is 5.69 Å². The minimum atomic E-state index is -0.720. The average molecular weight is 252 g/mol. The van der Waals surface area contributed by atoms with E-state index in [1.165, 1.54) is 0 Å². The number of aliphatic hydroxyl groups excluding tert-OH is 1. The number of hydrogen-bond donors (Lipinski definition) is 4. The Balaban J connectivity index is 2.14. The highest BCUT2D eigenvalue weighted by Crippen LogP contribution is 2.42. The molecule has 0 bridgehead atoms. The average Bonchev–Trinajstić information content (AvgIpc) is 3.01. The van der Waals surface area contributed by atoms with Crippen molar-refractivity contribution in [3.8, 4) is 0 Å². The van der Waals surface area contributed by atoms with Crippen molar-refractivity contribution in [1.82, 2.24) is 15.5 Å². The van der Waals surface area contributed by atoms with Gasteiger partial charge in [-0.3, -0.25) is 9.89 Å². The zero-order valence-corrected chi connectivity index (χ0v) is 10.9. The highest BCUT2D eigenvalue weighted by molar-refractivity contribution is 5.98. The fraction of sp³-hybridized carbons (Fsp3) is 0.667. The smallest absolute Gasteiger partial charge is 0.274 e. The predicted molar refractivity (Wildman–Crippen MR) is 68.2 cm³/mol. The summed E-state index contributed by atoms with van der Waals surface area (Å²) in [7, 11) is 0. The lowest BCUT2D eigenvalue weighted by atomic mass is 9.98. The Labute approximate surface area is 106 Å². The quantitative estimate of drug-likeness (QED) is 0.635. The Bertz CT molecular complexity index is 461. The highest BCUT2D eigenvalue weighted by atomic mass is 16.3. The maximum atomic E-state index is 12.1. The number of aliphatic hydroxyl groups is 1. The topological polar surface area (TPSA) is 104 Å². The summed E-state index contributed by atoms with van der Waals surface area (Å²) in [5, 5.41) is 19.1. The van der Waals surface area contributed by atoms with E-state index in [4.69, 9.17) is 5.73 Å². The van der Waals surface area contributed by atoms with Crippen molar-refractivity contribution >= 4 is 11.6 Å². The fourth-order valence-corrected chi connectivity index (χ4v) is 1.68. The zero-order chi connectivity index (χ0) is 13.5. The number of hydrogen-bond acceptors (Lipinski definition) is 4. The molecule has 1 atom stereocenters. The maximum Gasteiger partial charge on any atom is 0.274 e. The molecule has 1 aromatic rings. The molecule has 6 heteroatoms. The summed E-state index contributed by atoms with van der Waals surface area (Å²) in [5.41, 5.74) is 6.70. The number of anilines is 1. The van der Waals surface area contributed by atoms with Crippen molar-refractivity contribution in [3.05, 3.63) is 11.4 Å². The van der Waals surface area contributed by atoms with E-state index < -0.39 is 11.6 Å². The number of amides is 1. The first kappa shape index (κ1) is 12.9. The molecule has 1 amide bonds. The van der Waals surface area contributed by atoms with Crippen LogP contribution in [0.1, 0.15) is 55.7 Å². The SMILES string of the molecule is CC(O)C(C)(C)NC(=O)c1n[nH]c(C2CC2)c1N. The fourth-order valence-electron chi connectivity index (χ4n) is 1.68. The van der Waals surface area contributed by atoms with Gasteiger partial charge < -0.3 is 16.2 Å². The van der Waals surface area contributed by atoms with Gasteiger partial charge in [0.15, 0.2) is 5.69 Å². The predicted octanol–water partition coefficient (Wildman–Crippen LogP) is 0.758. The Hall–Kier alpha value is -1.56. The van der Waals surface area contributed by atoms with Gasteiger partial charge in [-0.25, -0.2) is 0 Å². The molecule has 100 valence electrons. The van der Waals surface area contributed by atoms with Crippen LogP contribution in [-0.2, 0) is 0 Å². The summed E-state index contributed by atoms with van der Waals surface area (Å²) in [4.78, 5) is 12.1. The van der Waals surface area contributed by atoms with Crippen LogP contribution >= 0.6 is 0 Å². The molecule has 2 rings (SSSR count). The van der Waals surface area contributed by atoms with Crippen LogP contribution < -0.4 is 11.1 Å². The molecule has 0 aliphatic heterocycles. The first-order chi connectivity index (χ1) is 8.33. The molecule has 18 heavy (non-hydrogen) atoms. The number of nitrogens with one attached hydrogen (secondary N) is 2. The minimum Gasteiger partial charge on any atom is -0.395 e. The van der Waals surface area contributed by atoms with Gasteiger partial charge in [-0.2, -0.15) is 5.10 Å². The number of aromatic amines is 1. The Morgan fingerprint density at radius 2 is 2.22 bits per heavy atom. The molecule has 0 aromatic carbocycles. The third-order valence-corrected chi connectivity index (χ3v) is 3.51. The van der Waals surface area contributed by atoms with Gasteiger partial charge in [0.05, 0.1) is 23.0 Å². The molecule has 1 aromatic heterocycles. The van der Waals surface area contributed by atoms with Crippen molar-refractivity contribution in [2.45, 2.75) is 51.2 Å². The van der Waals surface area contributed by atoms with Crippen molar-refractivity contribution in [2.75, 3.05) is 5.73 Å². The molecule has 6 nitrogen and oxygen atoms in total.